The van der Waals surface area contributed by atoms with Gasteiger partial charge in [0.15, 0.2) is 0 Å². The number of ether oxygens (including phenoxy) is 3. The van der Waals surface area contributed by atoms with E-state index in [9.17, 15) is 9.59 Å². The average Bonchev–Trinajstić information content (AvgIpc) is 2.81. The molecule has 0 radical (unpaired) electrons. The summed E-state index contributed by atoms with van der Waals surface area (Å²) >= 11 is 0. The van der Waals surface area contributed by atoms with E-state index in [1.54, 1.807) is 24.1 Å². The SMILES string of the molecule is COC(=O)c1ccc(C2C(Oc3ccccc3)C(=O)N2c2ccccc2OC)cc1. The van der Waals surface area contributed by atoms with E-state index in [2.05, 4.69) is 0 Å². The summed E-state index contributed by atoms with van der Waals surface area (Å²) in [7, 11) is 2.91. The first-order chi connectivity index (χ1) is 14.6. The van der Waals surface area contributed by atoms with E-state index in [1.165, 1.54) is 7.11 Å². The minimum Gasteiger partial charge on any atom is -0.495 e. The minimum atomic E-state index is -0.693. The van der Waals surface area contributed by atoms with E-state index in [-0.39, 0.29) is 11.9 Å². The van der Waals surface area contributed by atoms with Crippen LogP contribution in [0.25, 0.3) is 0 Å². The third-order valence-corrected chi connectivity index (χ3v) is 5.07. The van der Waals surface area contributed by atoms with Crippen molar-refractivity contribution in [2.75, 3.05) is 19.1 Å². The summed E-state index contributed by atoms with van der Waals surface area (Å²) in [5.41, 5.74) is 1.95. The molecule has 1 aliphatic heterocycles. The molecule has 1 saturated heterocycles. The average molecular weight is 403 g/mol. The Morgan fingerprint density at radius 1 is 0.867 bits per heavy atom. The number of methoxy groups -OCH3 is 2. The number of hydrogen-bond donors (Lipinski definition) is 0. The molecule has 2 atom stereocenters. The number of β-lactam (4-membered cyclic amide) rings is 1. The van der Waals surface area contributed by atoms with E-state index in [0.717, 1.165) is 5.56 Å². The highest BCUT2D eigenvalue weighted by molar-refractivity contribution is 6.06. The lowest BCUT2D eigenvalue weighted by atomic mass is 9.89. The maximum atomic E-state index is 13.1. The second-order valence-corrected chi connectivity index (χ2v) is 6.79. The zero-order valence-electron chi connectivity index (χ0n) is 16.6. The lowest BCUT2D eigenvalue weighted by molar-refractivity contribution is -0.135. The van der Waals surface area contributed by atoms with Crippen molar-refractivity contribution in [3.63, 3.8) is 0 Å². The van der Waals surface area contributed by atoms with Crippen molar-refractivity contribution in [2.45, 2.75) is 12.1 Å². The molecule has 30 heavy (non-hydrogen) atoms. The van der Waals surface area contributed by atoms with Crippen molar-refractivity contribution in [3.8, 4) is 11.5 Å². The monoisotopic (exact) mass is 403 g/mol. The molecule has 0 N–H and O–H groups in total. The number of nitrogens with zero attached hydrogens (tertiary/aromatic N) is 1. The van der Waals surface area contributed by atoms with Crippen LogP contribution >= 0.6 is 0 Å². The summed E-state index contributed by atoms with van der Waals surface area (Å²) in [5.74, 6) is 0.641. The molecule has 6 nitrogen and oxygen atoms in total. The Labute approximate surface area is 174 Å². The van der Waals surface area contributed by atoms with Crippen LogP contribution in [0.4, 0.5) is 5.69 Å². The van der Waals surface area contributed by atoms with Crippen LogP contribution in [0.1, 0.15) is 22.0 Å². The minimum absolute atomic E-state index is 0.162. The number of rotatable bonds is 6. The molecule has 6 heteroatoms. The van der Waals surface area contributed by atoms with Crippen LogP contribution in [0.2, 0.25) is 0 Å². The Morgan fingerprint density at radius 3 is 2.20 bits per heavy atom. The smallest absolute Gasteiger partial charge is 0.337 e. The van der Waals surface area contributed by atoms with Crippen LogP contribution in [0.5, 0.6) is 11.5 Å². The standard InChI is InChI=1S/C24H21NO5/c1-28-20-11-7-6-10-19(20)25-21(16-12-14-17(15-13-16)24(27)29-2)22(23(25)26)30-18-8-4-3-5-9-18/h3-15,21-22H,1-2H3. The largest absolute Gasteiger partial charge is 0.495 e. The predicted molar refractivity (Wildman–Crippen MR) is 112 cm³/mol. The molecule has 0 bridgehead atoms. The third-order valence-electron chi connectivity index (χ3n) is 5.07. The molecule has 0 aromatic heterocycles. The molecule has 2 unspecified atom stereocenters. The van der Waals surface area contributed by atoms with Crippen LogP contribution in [0.3, 0.4) is 0 Å². The van der Waals surface area contributed by atoms with Crippen molar-refractivity contribution in [3.05, 3.63) is 90.0 Å². The Kier molecular flexibility index (Phi) is 5.39. The third kappa shape index (κ3) is 3.48. The summed E-state index contributed by atoms with van der Waals surface area (Å²) < 4.78 is 16.3. The van der Waals surface area contributed by atoms with E-state index >= 15 is 0 Å². The summed E-state index contributed by atoms with van der Waals surface area (Å²) in [5, 5.41) is 0. The van der Waals surface area contributed by atoms with E-state index in [4.69, 9.17) is 14.2 Å². The predicted octanol–water partition coefficient (Wildman–Crippen LogP) is 4.02. The normalized spacial score (nSPS) is 17.8. The van der Waals surface area contributed by atoms with Gasteiger partial charge in [0, 0.05) is 0 Å². The summed E-state index contributed by atoms with van der Waals surface area (Å²) in [6, 6.07) is 23.2. The van der Waals surface area contributed by atoms with E-state index in [1.807, 2.05) is 66.7 Å². The van der Waals surface area contributed by atoms with Gasteiger partial charge in [-0.25, -0.2) is 4.79 Å². The van der Waals surface area contributed by atoms with Crippen molar-refractivity contribution >= 4 is 17.6 Å². The second kappa shape index (κ2) is 8.29. The quantitative estimate of drug-likeness (QED) is 0.460. The molecule has 1 fully saturated rings. The highest BCUT2D eigenvalue weighted by Crippen LogP contribution is 2.44. The molecule has 1 amide bonds. The van der Waals surface area contributed by atoms with Crippen LogP contribution in [-0.2, 0) is 9.53 Å². The topological polar surface area (TPSA) is 65.1 Å². The zero-order valence-corrected chi connectivity index (χ0v) is 16.6. The van der Waals surface area contributed by atoms with Crippen molar-refractivity contribution < 1.29 is 23.8 Å². The lowest BCUT2D eigenvalue weighted by Crippen LogP contribution is -2.61. The highest BCUT2D eigenvalue weighted by Gasteiger charge is 2.51. The van der Waals surface area contributed by atoms with Gasteiger partial charge in [-0.15, -0.1) is 0 Å². The van der Waals surface area contributed by atoms with Gasteiger partial charge in [0.25, 0.3) is 5.91 Å². The molecule has 3 aromatic rings. The summed E-state index contributed by atoms with van der Waals surface area (Å²) in [6.45, 7) is 0. The van der Waals surface area contributed by atoms with Crippen LogP contribution in [-0.4, -0.2) is 32.2 Å². The molecule has 3 aromatic carbocycles. The number of para-hydroxylation sites is 3. The molecule has 1 heterocycles. The van der Waals surface area contributed by atoms with Gasteiger partial charge >= 0.3 is 5.97 Å². The van der Waals surface area contributed by atoms with Crippen LogP contribution in [0, 0.1) is 0 Å². The Hall–Kier alpha value is -3.80. The number of carbonyl (C=O) groups excluding carboxylic acids is 2. The van der Waals surface area contributed by atoms with Gasteiger partial charge in [-0.1, -0.05) is 42.5 Å². The number of carbonyl (C=O) groups is 2. The van der Waals surface area contributed by atoms with E-state index < -0.39 is 12.1 Å². The van der Waals surface area contributed by atoms with Gasteiger partial charge in [-0.05, 0) is 42.0 Å². The maximum Gasteiger partial charge on any atom is 0.337 e. The van der Waals surface area contributed by atoms with Gasteiger partial charge in [-0.2, -0.15) is 0 Å². The second-order valence-electron chi connectivity index (χ2n) is 6.79. The first-order valence-corrected chi connectivity index (χ1v) is 9.50. The van der Waals surface area contributed by atoms with Crippen molar-refractivity contribution in [2.24, 2.45) is 0 Å². The molecular formula is C24H21NO5. The maximum absolute atomic E-state index is 13.1. The van der Waals surface area contributed by atoms with Gasteiger partial charge in [0.2, 0.25) is 6.10 Å². The highest BCUT2D eigenvalue weighted by atomic mass is 16.5. The number of amides is 1. The first kappa shape index (κ1) is 19.5. The fraction of sp³-hybridized carbons (Fsp3) is 0.167. The number of esters is 1. The molecule has 4 rings (SSSR count). The molecule has 0 aliphatic carbocycles. The lowest BCUT2D eigenvalue weighted by Gasteiger charge is -2.47. The molecule has 152 valence electrons. The fourth-order valence-electron chi connectivity index (χ4n) is 3.58. The number of anilines is 1. The Balaban J connectivity index is 1.71. The van der Waals surface area contributed by atoms with Gasteiger partial charge in [-0.3, -0.25) is 9.69 Å². The molecule has 0 spiro atoms. The number of hydrogen-bond acceptors (Lipinski definition) is 5. The van der Waals surface area contributed by atoms with Crippen molar-refractivity contribution in [1.82, 2.24) is 0 Å². The molecule has 1 aliphatic rings. The van der Waals surface area contributed by atoms with Gasteiger partial charge in [0.1, 0.15) is 17.5 Å². The molecular weight excluding hydrogens is 382 g/mol. The Bertz CT molecular complexity index is 1050. The van der Waals surface area contributed by atoms with Crippen molar-refractivity contribution in [1.29, 1.82) is 0 Å². The van der Waals surface area contributed by atoms with Crippen LogP contribution < -0.4 is 14.4 Å². The summed E-state index contributed by atoms with van der Waals surface area (Å²) in [6.07, 6.45) is -0.693. The van der Waals surface area contributed by atoms with Gasteiger partial charge < -0.3 is 14.2 Å². The first-order valence-electron chi connectivity index (χ1n) is 9.50. The van der Waals surface area contributed by atoms with Gasteiger partial charge in [0.05, 0.1) is 25.5 Å². The molecule has 0 saturated carbocycles. The van der Waals surface area contributed by atoms with Crippen LogP contribution in [0.15, 0.2) is 78.9 Å². The number of benzene rings is 3. The Morgan fingerprint density at radius 2 is 1.53 bits per heavy atom. The zero-order chi connectivity index (χ0) is 21.1. The van der Waals surface area contributed by atoms with E-state index in [0.29, 0.717) is 22.7 Å². The fourth-order valence-corrected chi connectivity index (χ4v) is 3.58. The summed E-state index contributed by atoms with van der Waals surface area (Å²) in [4.78, 5) is 26.6.